The number of pyridine rings is 1. The molecule has 0 fully saturated rings. The lowest BCUT2D eigenvalue weighted by molar-refractivity contribution is -0.274. The number of urea groups is 1. The number of esters is 1. The number of rotatable bonds is 6. The highest BCUT2D eigenvalue weighted by atomic mass is 19.4. The highest BCUT2D eigenvalue weighted by Crippen LogP contribution is 2.30. The zero-order chi connectivity index (χ0) is 25.0. The van der Waals surface area contributed by atoms with Crippen LogP contribution in [0.5, 0.6) is 5.75 Å². The molecule has 2 amide bonds. The van der Waals surface area contributed by atoms with Crippen molar-refractivity contribution in [1.82, 2.24) is 14.6 Å². The van der Waals surface area contributed by atoms with Gasteiger partial charge in [0.2, 0.25) is 0 Å². The van der Waals surface area contributed by atoms with Gasteiger partial charge in [-0.3, -0.25) is 4.40 Å². The van der Waals surface area contributed by atoms with E-state index in [-0.39, 0.29) is 17.9 Å². The normalized spacial score (nSPS) is 11.2. The Morgan fingerprint density at radius 1 is 0.971 bits per heavy atom. The van der Waals surface area contributed by atoms with E-state index in [2.05, 4.69) is 25.6 Å². The van der Waals surface area contributed by atoms with Gasteiger partial charge in [-0.2, -0.15) is 0 Å². The van der Waals surface area contributed by atoms with Gasteiger partial charge in [0.1, 0.15) is 5.56 Å². The van der Waals surface area contributed by atoms with Crippen molar-refractivity contribution >= 4 is 29.0 Å². The van der Waals surface area contributed by atoms with Crippen molar-refractivity contribution in [3.05, 3.63) is 72.4 Å². The number of carbonyl (C=O) groups is 2. The Kier molecular flexibility index (Phi) is 6.53. The fraction of sp³-hybridized carbons (Fsp3) is 0.130. The molecule has 0 spiro atoms. The number of ether oxygens (including phenoxy) is 2. The van der Waals surface area contributed by atoms with Crippen molar-refractivity contribution in [2.45, 2.75) is 13.3 Å². The Bertz CT molecular complexity index is 1370. The van der Waals surface area contributed by atoms with Crippen LogP contribution in [0.25, 0.3) is 17.0 Å². The topological polar surface area (TPSA) is 107 Å². The highest BCUT2D eigenvalue weighted by molar-refractivity contribution is 6.00. The number of fused-ring (bicyclic) bond motifs is 1. The molecule has 2 heterocycles. The molecule has 180 valence electrons. The maximum Gasteiger partial charge on any atom is 0.573 e. The summed E-state index contributed by atoms with van der Waals surface area (Å²) in [5, 5.41) is 13.1. The molecule has 0 bridgehead atoms. The Morgan fingerprint density at radius 3 is 2.43 bits per heavy atom. The summed E-state index contributed by atoms with van der Waals surface area (Å²) in [6, 6.07) is 14.2. The number of hydrogen-bond donors (Lipinski definition) is 2. The number of benzene rings is 2. The minimum Gasteiger partial charge on any atom is -0.462 e. The summed E-state index contributed by atoms with van der Waals surface area (Å²) in [6.45, 7) is 1.93. The predicted molar refractivity (Wildman–Crippen MR) is 120 cm³/mol. The van der Waals surface area contributed by atoms with Crippen LogP contribution in [-0.4, -0.2) is 39.6 Å². The zero-order valence-corrected chi connectivity index (χ0v) is 18.2. The average molecular weight is 485 g/mol. The summed E-state index contributed by atoms with van der Waals surface area (Å²) in [4.78, 5) is 24.5. The first kappa shape index (κ1) is 23.5. The monoisotopic (exact) mass is 485 g/mol. The minimum atomic E-state index is -4.90. The van der Waals surface area contributed by atoms with E-state index in [1.165, 1.54) is 18.2 Å². The van der Waals surface area contributed by atoms with Crippen LogP contribution in [-0.2, 0) is 4.74 Å². The lowest BCUT2D eigenvalue weighted by Crippen LogP contribution is -2.22. The molecule has 0 aliphatic heterocycles. The number of alkyl halides is 3. The molecule has 0 saturated carbocycles. The van der Waals surface area contributed by atoms with Gasteiger partial charge in [0, 0.05) is 17.4 Å². The molecule has 9 nitrogen and oxygen atoms in total. The average Bonchev–Trinajstić information content (AvgIpc) is 3.24. The van der Waals surface area contributed by atoms with E-state index in [0.717, 1.165) is 6.07 Å². The van der Waals surface area contributed by atoms with E-state index in [1.807, 2.05) is 0 Å². The van der Waals surface area contributed by atoms with Crippen molar-refractivity contribution in [3.8, 4) is 17.1 Å². The molecule has 35 heavy (non-hydrogen) atoms. The summed E-state index contributed by atoms with van der Waals surface area (Å²) >= 11 is 0. The third kappa shape index (κ3) is 5.49. The molecule has 2 aromatic heterocycles. The lowest BCUT2D eigenvalue weighted by Gasteiger charge is -2.14. The van der Waals surface area contributed by atoms with Crippen LogP contribution < -0.4 is 15.4 Å². The van der Waals surface area contributed by atoms with E-state index in [0.29, 0.717) is 22.7 Å². The fourth-order valence-corrected chi connectivity index (χ4v) is 3.25. The number of anilines is 2. The molecule has 0 radical (unpaired) electrons. The van der Waals surface area contributed by atoms with Gasteiger partial charge in [0.05, 0.1) is 12.3 Å². The van der Waals surface area contributed by atoms with Crippen LogP contribution in [0.15, 0.2) is 66.9 Å². The Labute approximate surface area is 196 Å². The molecule has 4 aromatic rings. The van der Waals surface area contributed by atoms with E-state index >= 15 is 0 Å². The number of hydrogen-bond acceptors (Lipinski definition) is 6. The lowest BCUT2D eigenvalue weighted by atomic mass is 10.2. The van der Waals surface area contributed by atoms with E-state index < -0.39 is 24.1 Å². The zero-order valence-electron chi connectivity index (χ0n) is 18.2. The largest absolute Gasteiger partial charge is 0.573 e. The fourth-order valence-electron chi connectivity index (χ4n) is 3.25. The second-order valence-corrected chi connectivity index (χ2v) is 7.06. The Balaban J connectivity index is 1.49. The molecular formula is C23H18F3N5O4. The Morgan fingerprint density at radius 2 is 1.71 bits per heavy atom. The number of nitrogens with one attached hydrogen (secondary N) is 2. The summed E-state index contributed by atoms with van der Waals surface area (Å²) in [5.41, 5.74) is 1.49. The van der Waals surface area contributed by atoms with Crippen molar-refractivity contribution in [2.75, 3.05) is 17.2 Å². The predicted octanol–water partition coefficient (Wildman–Crippen LogP) is 5.12. The first-order chi connectivity index (χ1) is 16.7. The SMILES string of the molecule is CCOC(=O)c1cccn2c(-c3ccc(NC(=O)Nc4ccccc4OC(F)(F)F)cc3)nnc12. The van der Waals surface area contributed by atoms with E-state index in [4.69, 9.17) is 4.74 Å². The first-order valence-corrected chi connectivity index (χ1v) is 10.3. The van der Waals surface area contributed by atoms with Crippen molar-refractivity contribution < 1.29 is 32.2 Å². The molecule has 0 atom stereocenters. The Hall–Kier alpha value is -4.61. The quantitative estimate of drug-likeness (QED) is 0.368. The van der Waals surface area contributed by atoms with Crippen molar-refractivity contribution in [1.29, 1.82) is 0 Å². The van der Waals surface area contributed by atoms with Gasteiger partial charge in [-0.05, 0) is 55.5 Å². The van der Waals surface area contributed by atoms with Crippen LogP contribution in [0, 0.1) is 0 Å². The molecule has 4 rings (SSSR count). The smallest absolute Gasteiger partial charge is 0.462 e. The second-order valence-electron chi connectivity index (χ2n) is 7.06. The van der Waals surface area contributed by atoms with Gasteiger partial charge in [-0.1, -0.05) is 12.1 Å². The van der Waals surface area contributed by atoms with Crippen LogP contribution >= 0.6 is 0 Å². The van der Waals surface area contributed by atoms with Gasteiger partial charge in [-0.15, -0.1) is 23.4 Å². The molecule has 0 aliphatic carbocycles. The molecule has 2 aromatic carbocycles. The summed E-state index contributed by atoms with van der Waals surface area (Å²) in [6.07, 6.45) is -3.19. The molecule has 2 N–H and O–H groups in total. The third-order valence-corrected chi connectivity index (χ3v) is 4.69. The maximum absolute atomic E-state index is 12.6. The number of carbonyl (C=O) groups excluding carboxylic acids is 2. The number of para-hydroxylation sites is 2. The summed E-state index contributed by atoms with van der Waals surface area (Å²) in [7, 11) is 0. The van der Waals surface area contributed by atoms with Crippen LogP contribution in [0.2, 0.25) is 0 Å². The van der Waals surface area contributed by atoms with Crippen molar-refractivity contribution in [3.63, 3.8) is 0 Å². The second kappa shape index (κ2) is 9.71. The highest BCUT2D eigenvalue weighted by Gasteiger charge is 2.32. The van der Waals surface area contributed by atoms with Gasteiger partial charge in [0.15, 0.2) is 17.2 Å². The van der Waals surface area contributed by atoms with Gasteiger partial charge < -0.3 is 20.1 Å². The van der Waals surface area contributed by atoms with E-state index in [9.17, 15) is 22.8 Å². The molecule has 0 unspecified atom stereocenters. The summed E-state index contributed by atoms with van der Waals surface area (Å²) < 4.78 is 48.3. The number of halogens is 3. The molecule has 0 aliphatic rings. The van der Waals surface area contributed by atoms with Gasteiger partial charge >= 0.3 is 18.4 Å². The minimum absolute atomic E-state index is 0.147. The standard InChI is InChI=1S/C23H18F3N5O4/c1-2-34-21(32)16-6-5-13-31-19(29-30-20(16)31)14-9-11-15(12-10-14)27-22(33)28-17-7-3-4-8-18(17)35-23(24,25)26/h3-13H,2H2,1H3,(H2,27,28,33). The molecular weight excluding hydrogens is 467 g/mol. The van der Waals surface area contributed by atoms with Crippen molar-refractivity contribution in [2.24, 2.45) is 0 Å². The van der Waals surface area contributed by atoms with E-state index in [1.54, 1.807) is 53.9 Å². The van der Waals surface area contributed by atoms with Gasteiger partial charge in [-0.25, -0.2) is 9.59 Å². The third-order valence-electron chi connectivity index (χ3n) is 4.69. The van der Waals surface area contributed by atoms with Crippen LogP contribution in [0.4, 0.5) is 29.3 Å². The van der Waals surface area contributed by atoms with Crippen LogP contribution in [0.1, 0.15) is 17.3 Å². The maximum atomic E-state index is 12.6. The van der Waals surface area contributed by atoms with Crippen LogP contribution in [0.3, 0.4) is 0 Å². The number of nitrogens with zero attached hydrogens (tertiary/aromatic N) is 3. The summed E-state index contributed by atoms with van der Waals surface area (Å²) in [5.74, 6) is -0.587. The first-order valence-electron chi connectivity index (χ1n) is 10.3. The molecule has 12 heteroatoms. The number of amides is 2. The van der Waals surface area contributed by atoms with Gasteiger partial charge in [0.25, 0.3) is 0 Å². The molecule has 0 saturated heterocycles. The number of aromatic nitrogens is 3.